The molecule has 4 nitrogen and oxygen atoms in total. The van der Waals surface area contributed by atoms with Crippen LogP contribution in [0.4, 0.5) is 0 Å². The molecule has 1 fully saturated rings. The second-order valence-corrected chi connectivity index (χ2v) is 5.28. The Bertz CT molecular complexity index is 409. The van der Waals surface area contributed by atoms with Crippen molar-refractivity contribution in [1.29, 1.82) is 0 Å². The highest BCUT2D eigenvalue weighted by molar-refractivity contribution is 5.41. The third-order valence-electron chi connectivity index (χ3n) is 3.58. The van der Waals surface area contributed by atoms with Gasteiger partial charge in [0.25, 0.3) is 0 Å². The number of hydrogen-bond donors (Lipinski definition) is 2. The summed E-state index contributed by atoms with van der Waals surface area (Å²) >= 11 is 0. The second kappa shape index (κ2) is 6.78. The van der Waals surface area contributed by atoms with Crippen molar-refractivity contribution in [1.82, 2.24) is 10.2 Å². The van der Waals surface area contributed by atoms with Gasteiger partial charge in [-0.05, 0) is 57.1 Å². The van der Waals surface area contributed by atoms with Crippen molar-refractivity contribution in [2.45, 2.75) is 19.9 Å². The molecular formula is C15H24N2O2. The molecule has 0 radical (unpaired) electrons. The molecule has 1 heterocycles. The first-order chi connectivity index (χ1) is 9.19. The van der Waals surface area contributed by atoms with Crippen LogP contribution in [0.2, 0.25) is 0 Å². The highest BCUT2D eigenvalue weighted by Gasteiger charge is 2.18. The quantitative estimate of drug-likeness (QED) is 0.823. The first-order valence-corrected chi connectivity index (χ1v) is 7.03. The summed E-state index contributed by atoms with van der Waals surface area (Å²) in [5.41, 5.74) is 1.15. The highest BCUT2D eigenvalue weighted by Crippen LogP contribution is 2.26. The maximum atomic E-state index is 9.64. The highest BCUT2D eigenvalue weighted by atomic mass is 16.5. The zero-order chi connectivity index (χ0) is 13.7. The van der Waals surface area contributed by atoms with Gasteiger partial charge in [0.1, 0.15) is 0 Å². The van der Waals surface area contributed by atoms with Gasteiger partial charge in [0.15, 0.2) is 11.5 Å². The Morgan fingerprint density at radius 2 is 2.32 bits per heavy atom. The van der Waals surface area contributed by atoms with Gasteiger partial charge in [-0.25, -0.2) is 0 Å². The van der Waals surface area contributed by atoms with Crippen LogP contribution >= 0.6 is 0 Å². The Balaban J connectivity index is 1.80. The molecule has 1 saturated heterocycles. The van der Waals surface area contributed by atoms with Crippen LogP contribution in [0.15, 0.2) is 18.2 Å². The zero-order valence-corrected chi connectivity index (χ0v) is 11.9. The molecule has 0 amide bonds. The Morgan fingerprint density at radius 1 is 1.47 bits per heavy atom. The van der Waals surface area contributed by atoms with Crippen molar-refractivity contribution in [2.75, 3.05) is 33.3 Å². The van der Waals surface area contributed by atoms with Gasteiger partial charge >= 0.3 is 0 Å². The Labute approximate surface area is 115 Å². The van der Waals surface area contributed by atoms with Crippen LogP contribution in [0.25, 0.3) is 0 Å². The molecule has 1 aromatic rings. The van der Waals surface area contributed by atoms with E-state index >= 15 is 0 Å². The number of nitrogens with one attached hydrogen (secondary N) is 1. The topological polar surface area (TPSA) is 44.7 Å². The molecule has 1 atom stereocenters. The first kappa shape index (κ1) is 14.2. The fourth-order valence-electron chi connectivity index (χ4n) is 2.55. The average molecular weight is 264 g/mol. The van der Waals surface area contributed by atoms with E-state index in [-0.39, 0.29) is 5.75 Å². The van der Waals surface area contributed by atoms with Crippen molar-refractivity contribution >= 4 is 0 Å². The maximum Gasteiger partial charge on any atom is 0.161 e. The molecule has 19 heavy (non-hydrogen) atoms. The standard InChI is InChI=1S/C15H24N2O2/c1-3-19-15-8-12(4-5-14(15)18)9-16-10-13-6-7-17(2)11-13/h4-5,8,13,16,18H,3,6-7,9-11H2,1-2H3. The van der Waals surface area contributed by atoms with E-state index in [1.807, 2.05) is 19.1 Å². The Hall–Kier alpha value is -1.26. The van der Waals surface area contributed by atoms with Crippen molar-refractivity contribution in [3.8, 4) is 11.5 Å². The summed E-state index contributed by atoms with van der Waals surface area (Å²) in [5, 5.41) is 13.1. The van der Waals surface area contributed by atoms with E-state index in [4.69, 9.17) is 4.74 Å². The number of rotatable bonds is 6. The van der Waals surface area contributed by atoms with Gasteiger partial charge in [-0.15, -0.1) is 0 Å². The summed E-state index contributed by atoms with van der Waals surface area (Å²) in [6, 6.07) is 5.55. The van der Waals surface area contributed by atoms with E-state index in [9.17, 15) is 5.11 Å². The maximum absolute atomic E-state index is 9.64. The molecule has 2 rings (SSSR count). The smallest absolute Gasteiger partial charge is 0.161 e. The normalized spacial score (nSPS) is 19.8. The molecule has 1 aliphatic rings. The fourth-order valence-corrected chi connectivity index (χ4v) is 2.55. The van der Waals surface area contributed by atoms with Gasteiger partial charge in [0, 0.05) is 13.1 Å². The molecule has 2 N–H and O–H groups in total. The summed E-state index contributed by atoms with van der Waals surface area (Å²) < 4.78 is 5.39. The molecular weight excluding hydrogens is 240 g/mol. The van der Waals surface area contributed by atoms with E-state index in [0.717, 1.165) is 24.6 Å². The molecule has 4 heteroatoms. The van der Waals surface area contributed by atoms with Crippen LogP contribution in [-0.2, 0) is 6.54 Å². The summed E-state index contributed by atoms with van der Waals surface area (Å²) in [6.07, 6.45) is 1.28. The summed E-state index contributed by atoms with van der Waals surface area (Å²) in [5.74, 6) is 1.54. The van der Waals surface area contributed by atoms with Crippen LogP contribution in [0.1, 0.15) is 18.9 Å². The molecule has 1 unspecified atom stereocenters. The van der Waals surface area contributed by atoms with Gasteiger partial charge < -0.3 is 20.1 Å². The number of phenolic OH excluding ortho intramolecular Hbond substituents is 1. The van der Waals surface area contributed by atoms with Crippen molar-refractivity contribution < 1.29 is 9.84 Å². The molecule has 1 aliphatic heterocycles. The molecule has 106 valence electrons. The third kappa shape index (κ3) is 4.11. The molecule has 0 spiro atoms. The molecule has 0 aliphatic carbocycles. The lowest BCUT2D eigenvalue weighted by Gasteiger charge is -2.12. The minimum Gasteiger partial charge on any atom is -0.504 e. The molecule has 0 saturated carbocycles. The van der Waals surface area contributed by atoms with Gasteiger partial charge in [0.2, 0.25) is 0 Å². The van der Waals surface area contributed by atoms with Crippen molar-refractivity contribution in [2.24, 2.45) is 5.92 Å². The number of aromatic hydroxyl groups is 1. The van der Waals surface area contributed by atoms with E-state index in [1.54, 1.807) is 6.07 Å². The van der Waals surface area contributed by atoms with Gasteiger partial charge in [-0.3, -0.25) is 0 Å². The van der Waals surface area contributed by atoms with Crippen molar-refractivity contribution in [3.63, 3.8) is 0 Å². The third-order valence-corrected chi connectivity index (χ3v) is 3.58. The van der Waals surface area contributed by atoms with Crippen LogP contribution in [0.3, 0.4) is 0 Å². The molecule has 0 bridgehead atoms. The van der Waals surface area contributed by atoms with Crippen LogP contribution in [-0.4, -0.2) is 43.3 Å². The summed E-state index contributed by atoms with van der Waals surface area (Å²) in [7, 11) is 2.17. The second-order valence-electron chi connectivity index (χ2n) is 5.28. The molecule has 0 aromatic heterocycles. The average Bonchev–Trinajstić information content (AvgIpc) is 2.79. The Kier molecular flexibility index (Phi) is 5.05. The SMILES string of the molecule is CCOc1cc(CNCC2CCN(C)C2)ccc1O. The lowest BCUT2D eigenvalue weighted by atomic mass is 10.1. The fraction of sp³-hybridized carbons (Fsp3) is 0.600. The van der Waals surface area contributed by atoms with Gasteiger partial charge in [-0.1, -0.05) is 6.07 Å². The number of benzene rings is 1. The zero-order valence-electron chi connectivity index (χ0n) is 11.9. The summed E-state index contributed by atoms with van der Waals surface area (Å²) in [6.45, 7) is 6.75. The lowest BCUT2D eigenvalue weighted by molar-refractivity contribution is 0.317. The predicted octanol–water partition coefficient (Wildman–Crippen LogP) is 1.83. The van der Waals surface area contributed by atoms with Gasteiger partial charge in [-0.2, -0.15) is 0 Å². The van der Waals surface area contributed by atoms with E-state index in [2.05, 4.69) is 17.3 Å². The van der Waals surface area contributed by atoms with E-state index in [1.165, 1.54) is 19.5 Å². The number of ether oxygens (including phenoxy) is 1. The van der Waals surface area contributed by atoms with Crippen LogP contribution in [0.5, 0.6) is 11.5 Å². The molecule has 1 aromatic carbocycles. The monoisotopic (exact) mass is 264 g/mol. The van der Waals surface area contributed by atoms with Crippen LogP contribution in [0, 0.1) is 5.92 Å². The first-order valence-electron chi connectivity index (χ1n) is 7.03. The lowest BCUT2D eigenvalue weighted by Crippen LogP contribution is -2.24. The largest absolute Gasteiger partial charge is 0.504 e. The number of hydrogen-bond acceptors (Lipinski definition) is 4. The number of nitrogens with zero attached hydrogens (tertiary/aromatic N) is 1. The van der Waals surface area contributed by atoms with E-state index in [0.29, 0.717) is 12.4 Å². The van der Waals surface area contributed by atoms with Crippen molar-refractivity contribution in [3.05, 3.63) is 23.8 Å². The number of likely N-dealkylation sites (tertiary alicyclic amines) is 1. The predicted molar refractivity (Wildman–Crippen MR) is 76.6 cm³/mol. The number of phenols is 1. The summed E-state index contributed by atoms with van der Waals surface area (Å²) in [4.78, 5) is 2.38. The minimum absolute atomic E-state index is 0.211. The Morgan fingerprint density at radius 3 is 3.00 bits per heavy atom. The minimum atomic E-state index is 0.211. The van der Waals surface area contributed by atoms with Crippen LogP contribution < -0.4 is 10.1 Å². The van der Waals surface area contributed by atoms with E-state index < -0.39 is 0 Å². The van der Waals surface area contributed by atoms with Gasteiger partial charge in [0.05, 0.1) is 6.61 Å².